The highest BCUT2D eigenvalue weighted by atomic mass is 15.2. The van der Waals surface area contributed by atoms with E-state index in [1.807, 2.05) is 44.6 Å². The maximum Gasteiger partial charge on any atom is 0.153 e. The lowest BCUT2D eigenvalue weighted by Crippen LogP contribution is -2.02. The molecule has 3 aromatic heterocycles. The molecule has 0 radical (unpaired) electrons. The largest absolute Gasteiger partial charge is 0.293 e. The third kappa shape index (κ3) is 2.67. The molecule has 124 valence electrons. The minimum atomic E-state index is 0.770. The van der Waals surface area contributed by atoms with Crippen molar-refractivity contribution in [2.45, 2.75) is 20.3 Å². The van der Waals surface area contributed by atoms with E-state index in [2.05, 4.69) is 33.2 Å². The van der Waals surface area contributed by atoms with Gasteiger partial charge in [-0.05, 0) is 43.2 Å². The van der Waals surface area contributed by atoms with Crippen LogP contribution in [0.2, 0.25) is 0 Å². The summed E-state index contributed by atoms with van der Waals surface area (Å²) < 4.78 is 1.80. The van der Waals surface area contributed by atoms with Gasteiger partial charge in [0.25, 0.3) is 0 Å². The summed E-state index contributed by atoms with van der Waals surface area (Å²) in [6.07, 6.45) is 12.6. The molecule has 0 saturated carbocycles. The molecular weight excluding hydrogens is 310 g/mol. The van der Waals surface area contributed by atoms with Crippen LogP contribution >= 0.6 is 0 Å². The van der Waals surface area contributed by atoms with E-state index in [1.54, 1.807) is 10.7 Å². The fourth-order valence-corrected chi connectivity index (χ4v) is 3.18. The number of aliphatic imine (C=N–C) groups is 1. The van der Waals surface area contributed by atoms with Crippen LogP contribution in [0.25, 0.3) is 16.8 Å². The van der Waals surface area contributed by atoms with Gasteiger partial charge in [0.05, 0.1) is 11.4 Å². The summed E-state index contributed by atoms with van der Waals surface area (Å²) in [6, 6.07) is 6.08. The molecule has 5 heteroatoms. The number of allylic oxidation sites excluding steroid dienone is 3. The van der Waals surface area contributed by atoms with E-state index in [1.165, 1.54) is 0 Å². The zero-order valence-electron chi connectivity index (χ0n) is 14.3. The molecule has 0 amide bonds. The maximum absolute atomic E-state index is 4.71. The van der Waals surface area contributed by atoms with E-state index in [0.717, 1.165) is 52.3 Å². The van der Waals surface area contributed by atoms with E-state index >= 15 is 0 Å². The number of hydrogen-bond acceptors (Lipinski definition) is 4. The predicted molar refractivity (Wildman–Crippen MR) is 101 cm³/mol. The molecule has 0 atom stereocenters. The van der Waals surface area contributed by atoms with Gasteiger partial charge in [-0.1, -0.05) is 12.2 Å². The molecule has 5 nitrogen and oxygen atoms in total. The lowest BCUT2D eigenvalue weighted by atomic mass is 9.95. The van der Waals surface area contributed by atoms with E-state index in [4.69, 9.17) is 5.10 Å². The smallest absolute Gasteiger partial charge is 0.153 e. The highest BCUT2D eigenvalue weighted by Gasteiger charge is 2.22. The first-order valence-electron chi connectivity index (χ1n) is 8.47. The van der Waals surface area contributed by atoms with Crippen molar-refractivity contribution in [3.63, 3.8) is 0 Å². The maximum atomic E-state index is 4.71. The van der Waals surface area contributed by atoms with E-state index in [9.17, 15) is 0 Å². The number of rotatable bonds is 4. The van der Waals surface area contributed by atoms with E-state index in [-0.39, 0.29) is 0 Å². The topological polar surface area (TPSA) is 55.4 Å². The van der Waals surface area contributed by atoms with Gasteiger partial charge >= 0.3 is 0 Å². The van der Waals surface area contributed by atoms with Crippen LogP contribution in [-0.2, 0) is 6.42 Å². The van der Waals surface area contributed by atoms with Crippen molar-refractivity contribution in [3.8, 4) is 0 Å². The standard InChI is InChI=1S/C20H19N5/c1-3-14(13-21-4-2)15-9-10-22-18-6-5-16(20(15)18)17-7-8-19-23-11-12-25(19)24-17/h3,5,7-13H,4,6H2,1-2H3/b14-3+,21-13?. The first-order chi connectivity index (χ1) is 12.3. The fourth-order valence-electron chi connectivity index (χ4n) is 3.18. The highest BCUT2D eigenvalue weighted by molar-refractivity contribution is 6.12. The molecule has 0 saturated heterocycles. The summed E-state index contributed by atoms with van der Waals surface area (Å²) >= 11 is 0. The van der Waals surface area contributed by atoms with Crippen LogP contribution in [0, 0.1) is 0 Å². The average molecular weight is 329 g/mol. The van der Waals surface area contributed by atoms with Crippen LogP contribution in [0.5, 0.6) is 0 Å². The van der Waals surface area contributed by atoms with Crippen LogP contribution in [0.1, 0.15) is 36.4 Å². The van der Waals surface area contributed by atoms with Gasteiger partial charge in [0.15, 0.2) is 5.65 Å². The normalized spacial score (nSPS) is 14.3. The molecule has 1 aliphatic rings. The molecule has 0 unspecified atom stereocenters. The summed E-state index contributed by atoms with van der Waals surface area (Å²) in [6.45, 7) is 4.85. The monoisotopic (exact) mass is 329 g/mol. The van der Waals surface area contributed by atoms with Gasteiger partial charge in [-0.25, -0.2) is 9.50 Å². The Morgan fingerprint density at radius 2 is 2.16 bits per heavy atom. The molecular formula is C20H19N5. The van der Waals surface area contributed by atoms with Crippen molar-refractivity contribution >= 4 is 23.0 Å². The summed E-state index contributed by atoms with van der Waals surface area (Å²) in [7, 11) is 0. The molecule has 0 aliphatic heterocycles. The van der Waals surface area contributed by atoms with Crippen LogP contribution < -0.4 is 0 Å². The Bertz CT molecular complexity index is 1020. The number of nitrogens with zero attached hydrogens (tertiary/aromatic N) is 5. The molecule has 1 aliphatic carbocycles. The van der Waals surface area contributed by atoms with Gasteiger partial charge in [-0.3, -0.25) is 9.98 Å². The minimum absolute atomic E-state index is 0.770. The predicted octanol–water partition coefficient (Wildman–Crippen LogP) is 3.61. The Labute approximate surface area is 146 Å². The molecule has 0 N–H and O–H groups in total. The first-order valence-corrected chi connectivity index (χ1v) is 8.47. The molecule has 0 fully saturated rings. The Kier molecular flexibility index (Phi) is 3.98. The fraction of sp³-hybridized carbons (Fsp3) is 0.200. The molecule has 4 rings (SSSR count). The molecule has 0 aromatic carbocycles. The van der Waals surface area contributed by atoms with Crippen LogP contribution in [0.15, 0.2) is 53.9 Å². The number of pyridine rings is 1. The molecule has 3 aromatic rings. The third-order valence-corrected chi connectivity index (χ3v) is 4.36. The lowest BCUT2D eigenvalue weighted by molar-refractivity contribution is 0.922. The number of aromatic nitrogens is 4. The summed E-state index contributed by atoms with van der Waals surface area (Å²) in [4.78, 5) is 13.3. The van der Waals surface area contributed by atoms with Crippen molar-refractivity contribution in [2.75, 3.05) is 6.54 Å². The molecule has 25 heavy (non-hydrogen) atoms. The van der Waals surface area contributed by atoms with Crippen molar-refractivity contribution in [3.05, 3.63) is 71.5 Å². The Morgan fingerprint density at radius 3 is 3.00 bits per heavy atom. The lowest BCUT2D eigenvalue weighted by Gasteiger charge is -2.12. The summed E-state index contributed by atoms with van der Waals surface area (Å²) in [5.41, 5.74) is 7.41. The van der Waals surface area contributed by atoms with Crippen molar-refractivity contribution in [2.24, 2.45) is 4.99 Å². The number of hydrogen-bond donors (Lipinski definition) is 0. The van der Waals surface area contributed by atoms with Gasteiger partial charge in [0.1, 0.15) is 0 Å². The second kappa shape index (κ2) is 6.43. The molecule has 3 heterocycles. The van der Waals surface area contributed by atoms with Crippen molar-refractivity contribution in [1.29, 1.82) is 0 Å². The first kappa shape index (κ1) is 15.4. The van der Waals surface area contributed by atoms with Crippen LogP contribution in [0.3, 0.4) is 0 Å². The van der Waals surface area contributed by atoms with Gasteiger partial charge in [-0.15, -0.1) is 0 Å². The van der Waals surface area contributed by atoms with Crippen LogP contribution in [-0.4, -0.2) is 32.3 Å². The average Bonchev–Trinajstić information content (AvgIpc) is 3.28. The number of fused-ring (bicyclic) bond motifs is 2. The zero-order chi connectivity index (χ0) is 17.2. The summed E-state index contributed by atoms with van der Waals surface area (Å²) in [5.74, 6) is 0. The molecule has 0 spiro atoms. The Hall–Kier alpha value is -3.08. The van der Waals surface area contributed by atoms with Gasteiger partial charge in [0.2, 0.25) is 0 Å². The van der Waals surface area contributed by atoms with Crippen molar-refractivity contribution in [1.82, 2.24) is 19.6 Å². The van der Waals surface area contributed by atoms with Gasteiger partial charge in [0, 0.05) is 48.9 Å². The Balaban J connectivity index is 1.85. The zero-order valence-corrected chi connectivity index (χ0v) is 14.3. The highest BCUT2D eigenvalue weighted by Crippen LogP contribution is 2.35. The Morgan fingerprint density at radius 1 is 1.24 bits per heavy atom. The minimum Gasteiger partial charge on any atom is -0.293 e. The van der Waals surface area contributed by atoms with E-state index in [0.29, 0.717) is 0 Å². The second-order valence-electron chi connectivity index (χ2n) is 5.82. The second-order valence-corrected chi connectivity index (χ2v) is 5.82. The van der Waals surface area contributed by atoms with Crippen molar-refractivity contribution < 1.29 is 0 Å². The van der Waals surface area contributed by atoms with Gasteiger partial charge in [-0.2, -0.15) is 5.10 Å². The molecule has 0 bridgehead atoms. The van der Waals surface area contributed by atoms with E-state index < -0.39 is 0 Å². The third-order valence-electron chi connectivity index (χ3n) is 4.36. The quantitative estimate of drug-likeness (QED) is 0.687. The SMILES string of the molecule is C/C=C(\C=NCC)c1ccnc2c1C(c1ccc3nccn3n1)=CC2. The van der Waals surface area contributed by atoms with Gasteiger partial charge < -0.3 is 0 Å². The summed E-state index contributed by atoms with van der Waals surface area (Å²) in [5, 5.41) is 4.71. The number of imidazole rings is 1. The van der Waals surface area contributed by atoms with Crippen LogP contribution in [0.4, 0.5) is 0 Å².